The van der Waals surface area contributed by atoms with Crippen molar-refractivity contribution < 1.29 is 9.53 Å². The predicted octanol–water partition coefficient (Wildman–Crippen LogP) is 3.30. The highest BCUT2D eigenvalue weighted by molar-refractivity contribution is 5.93. The van der Waals surface area contributed by atoms with Crippen LogP contribution in [-0.2, 0) is 30.7 Å². The summed E-state index contributed by atoms with van der Waals surface area (Å²) in [7, 11) is 0. The van der Waals surface area contributed by atoms with Crippen LogP contribution in [0.1, 0.15) is 38.3 Å². The van der Waals surface area contributed by atoms with Crippen LogP contribution >= 0.6 is 0 Å². The normalized spacial score (nSPS) is 15.1. The van der Waals surface area contributed by atoms with E-state index in [0.717, 1.165) is 60.8 Å². The summed E-state index contributed by atoms with van der Waals surface area (Å²) in [4.78, 5) is 27.7. The van der Waals surface area contributed by atoms with E-state index in [1.165, 1.54) is 23.0 Å². The van der Waals surface area contributed by atoms with Crippen molar-refractivity contribution in [2.75, 3.05) is 13.1 Å². The van der Waals surface area contributed by atoms with Gasteiger partial charge in [0, 0.05) is 48.9 Å². The lowest BCUT2D eigenvalue weighted by Gasteiger charge is -2.28. The van der Waals surface area contributed by atoms with Crippen LogP contribution in [0, 0.1) is 6.92 Å². The number of rotatable bonds is 5. The Hall–Kier alpha value is -3.91. The number of hydrogen-bond acceptors (Lipinski definition) is 7. The van der Waals surface area contributed by atoms with Crippen LogP contribution in [0.2, 0.25) is 0 Å². The van der Waals surface area contributed by atoms with E-state index >= 15 is 0 Å². The number of cyclic esters (lactones) is 1. The summed E-state index contributed by atoms with van der Waals surface area (Å²) in [6.45, 7) is 5.27. The molecule has 0 spiro atoms. The molecular weight excluding hydrogens is 428 g/mol. The fourth-order valence-electron chi connectivity index (χ4n) is 4.76. The van der Waals surface area contributed by atoms with Crippen LogP contribution in [0.25, 0.3) is 17.1 Å². The summed E-state index contributed by atoms with van der Waals surface area (Å²) in [6.07, 6.45) is 7.02. The van der Waals surface area contributed by atoms with Gasteiger partial charge in [0.05, 0.1) is 16.9 Å². The number of carbonyl (C=O) groups excluding carboxylic acids is 1. The standard InChI is InChI=1S/C26H24N6O2/c1-17-18(4-7-22-23(17)14-34-26(22)33)8-10-31-11-9-24-20(13-31)12-28-25(30-24)19-2-5-21(6-3-19)32-16-27-15-29-32/h2-7,12,15-16H,8-11,13-14H2,1H3. The maximum atomic E-state index is 11.8. The maximum absolute atomic E-state index is 11.8. The van der Waals surface area contributed by atoms with Gasteiger partial charge in [0.1, 0.15) is 19.3 Å². The summed E-state index contributed by atoms with van der Waals surface area (Å²) in [5, 5.41) is 4.16. The summed E-state index contributed by atoms with van der Waals surface area (Å²) >= 11 is 0. The van der Waals surface area contributed by atoms with E-state index in [1.54, 1.807) is 11.0 Å². The van der Waals surface area contributed by atoms with E-state index in [1.807, 2.05) is 36.5 Å². The molecule has 0 aliphatic carbocycles. The van der Waals surface area contributed by atoms with E-state index in [-0.39, 0.29) is 5.97 Å². The third-order valence-electron chi connectivity index (χ3n) is 6.80. The minimum absolute atomic E-state index is 0.206. The van der Waals surface area contributed by atoms with Gasteiger partial charge < -0.3 is 4.74 Å². The van der Waals surface area contributed by atoms with Crippen LogP contribution in [0.15, 0.2) is 55.2 Å². The van der Waals surface area contributed by atoms with Gasteiger partial charge in [-0.15, -0.1) is 0 Å². The molecular formula is C26H24N6O2. The summed E-state index contributed by atoms with van der Waals surface area (Å²) in [5.74, 6) is 0.547. The van der Waals surface area contributed by atoms with Gasteiger partial charge in [-0.25, -0.2) is 24.4 Å². The van der Waals surface area contributed by atoms with Crippen LogP contribution in [0.4, 0.5) is 0 Å². The first kappa shape index (κ1) is 20.7. The van der Waals surface area contributed by atoms with Crippen LogP contribution in [0.5, 0.6) is 0 Å². The molecule has 0 radical (unpaired) electrons. The van der Waals surface area contributed by atoms with E-state index in [2.05, 4.69) is 33.0 Å². The summed E-state index contributed by atoms with van der Waals surface area (Å²) in [6, 6.07) is 12.0. The molecule has 2 aromatic heterocycles. The van der Waals surface area contributed by atoms with Crippen molar-refractivity contribution in [3.8, 4) is 17.1 Å². The molecule has 170 valence electrons. The molecule has 0 fully saturated rings. The second kappa shape index (κ2) is 8.46. The van der Waals surface area contributed by atoms with Crippen molar-refractivity contribution >= 4 is 5.97 Å². The highest BCUT2D eigenvalue weighted by atomic mass is 16.5. The second-order valence-corrected chi connectivity index (χ2v) is 8.78. The Morgan fingerprint density at radius 3 is 2.82 bits per heavy atom. The number of ether oxygens (including phenoxy) is 1. The fraction of sp³-hybridized carbons (Fsp3) is 0.269. The smallest absolute Gasteiger partial charge is 0.338 e. The van der Waals surface area contributed by atoms with E-state index < -0.39 is 0 Å². The zero-order valence-corrected chi connectivity index (χ0v) is 18.9. The molecule has 2 aliphatic heterocycles. The number of carbonyl (C=O) groups is 1. The zero-order valence-electron chi connectivity index (χ0n) is 18.9. The molecule has 0 atom stereocenters. The predicted molar refractivity (Wildman–Crippen MR) is 125 cm³/mol. The topological polar surface area (TPSA) is 86.0 Å². The molecule has 0 saturated heterocycles. The lowest BCUT2D eigenvalue weighted by atomic mass is 9.96. The summed E-state index contributed by atoms with van der Waals surface area (Å²) in [5.41, 5.74) is 8.49. The third-order valence-corrected chi connectivity index (χ3v) is 6.80. The molecule has 8 heteroatoms. The largest absolute Gasteiger partial charge is 0.457 e. The Morgan fingerprint density at radius 2 is 2.00 bits per heavy atom. The molecule has 2 aliphatic rings. The quantitative estimate of drug-likeness (QED) is 0.430. The fourth-order valence-corrected chi connectivity index (χ4v) is 4.76. The van der Waals surface area contributed by atoms with Gasteiger partial charge in [-0.3, -0.25) is 4.90 Å². The van der Waals surface area contributed by atoms with Gasteiger partial charge in [-0.1, -0.05) is 6.07 Å². The molecule has 0 unspecified atom stereocenters. The van der Waals surface area contributed by atoms with Crippen LogP contribution < -0.4 is 0 Å². The molecule has 4 heterocycles. The van der Waals surface area contributed by atoms with Crippen molar-refractivity contribution in [3.63, 3.8) is 0 Å². The number of fused-ring (bicyclic) bond motifs is 2. The van der Waals surface area contributed by atoms with Gasteiger partial charge in [0.15, 0.2) is 5.82 Å². The van der Waals surface area contributed by atoms with E-state index in [9.17, 15) is 4.79 Å². The van der Waals surface area contributed by atoms with Crippen LogP contribution in [0.3, 0.4) is 0 Å². The van der Waals surface area contributed by atoms with Crippen LogP contribution in [-0.4, -0.2) is 48.7 Å². The first-order valence-corrected chi connectivity index (χ1v) is 11.5. The Kier molecular flexibility index (Phi) is 5.15. The molecule has 0 saturated carbocycles. The third kappa shape index (κ3) is 3.76. The van der Waals surface area contributed by atoms with Gasteiger partial charge >= 0.3 is 5.97 Å². The number of benzene rings is 2. The summed E-state index contributed by atoms with van der Waals surface area (Å²) < 4.78 is 6.91. The van der Waals surface area contributed by atoms with Crippen molar-refractivity contribution in [2.45, 2.75) is 32.9 Å². The molecule has 0 bridgehead atoms. The molecule has 6 rings (SSSR count). The Bertz CT molecular complexity index is 1370. The Labute approximate surface area is 197 Å². The van der Waals surface area contributed by atoms with Crippen molar-refractivity contribution in [2.24, 2.45) is 0 Å². The Balaban J connectivity index is 1.13. The molecule has 2 aromatic carbocycles. The monoisotopic (exact) mass is 452 g/mol. The van der Waals surface area contributed by atoms with Crippen molar-refractivity contribution in [1.82, 2.24) is 29.6 Å². The lowest BCUT2D eigenvalue weighted by molar-refractivity contribution is 0.0535. The average Bonchev–Trinajstić information content (AvgIpc) is 3.54. The highest BCUT2D eigenvalue weighted by Crippen LogP contribution is 2.27. The Morgan fingerprint density at radius 1 is 1.12 bits per heavy atom. The highest BCUT2D eigenvalue weighted by Gasteiger charge is 2.24. The molecule has 34 heavy (non-hydrogen) atoms. The van der Waals surface area contributed by atoms with Gasteiger partial charge in [-0.05, 0) is 54.8 Å². The molecule has 8 nitrogen and oxygen atoms in total. The molecule has 0 N–H and O–H groups in total. The zero-order chi connectivity index (χ0) is 23.1. The first-order chi connectivity index (χ1) is 16.7. The average molecular weight is 453 g/mol. The molecule has 4 aromatic rings. The van der Waals surface area contributed by atoms with Gasteiger partial charge in [0.2, 0.25) is 0 Å². The first-order valence-electron chi connectivity index (χ1n) is 11.5. The van der Waals surface area contributed by atoms with E-state index in [0.29, 0.717) is 12.2 Å². The number of esters is 1. The number of nitrogens with zero attached hydrogens (tertiary/aromatic N) is 6. The number of aromatic nitrogens is 5. The van der Waals surface area contributed by atoms with E-state index in [4.69, 9.17) is 9.72 Å². The van der Waals surface area contributed by atoms with Crippen molar-refractivity contribution in [3.05, 3.63) is 88.8 Å². The van der Waals surface area contributed by atoms with Crippen molar-refractivity contribution in [1.29, 1.82) is 0 Å². The minimum atomic E-state index is -0.206. The lowest BCUT2D eigenvalue weighted by Crippen LogP contribution is -2.33. The molecule has 0 amide bonds. The maximum Gasteiger partial charge on any atom is 0.338 e. The van der Waals surface area contributed by atoms with Gasteiger partial charge in [0.25, 0.3) is 0 Å². The minimum Gasteiger partial charge on any atom is -0.457 e. The second-order valence-electron chi connectivity index (χ2n) is 8.78. The number of hydrogen-bond donors (Lipinski definition) is 0. The van der Waals surface area contributed by atoms with Gasteiger partial charge in [-0.2, -0.15) is 5.10 Å². The SMILES string of the molecule is Cc1c(CCN2CCc3nc(-c4ccc(-n5cncn5)cc4)ncc3C2)ccc2c1COC2=O.